The van der Waals surface area contributed by atoms with Gasteiger partial charge < -0.3 is 100 Å². The van der Waals surface area contributed by atoms with Crippen molar-refractivity contribution in [3.8, 4) is 17.2 Å². The highest BCUT2D eigenvalue weighted by Crippen LogP contribution is 2.22. The number of aryl methyl sites for hydroxylation is 1. The standard InChI is InChI=1S/C16H19NO9.2C15H17NO9.C11H18N2O8.C9H14N2O8/c18-14(19)7-6-12(16(21)22)10-15(20)26-13-5-1-3-11(9-13)4-2-8-25-17(23)24;17-13(18)6-3-11(15(20)21)9-14(19)25-12-4-1-10(2-5-12)7-8-24-16(22)23;17-13(18)5-4-11(15(20)21)9-14(19)25-12-3-1-2-10(8-12)6-7-24-16(22)23;14-9(4-2-1-3-7-21-13(19)20)12-8(11(17)18)5-6-10(15)16;12-7(2-1-5-19-11(17)18)10-6(9(15)16)3-4-8(13)14/h1,3,5,9,12H,2,4,6-8,10H2,(H,18,19)(H,21,22);1-2,4-5,11H,3,6-9H2,(H,17,18)(H,20,21);1-3,8,11H,4-7,9H2,(H,17,18)(H,20,21);8H,1-7H2,(H,12,14)(H,15,16)(H,17,18);6H,1-5H2,(H,10,12)(H,13,14)(H,15,16). The van der Waals surface area contributed by atoms with Gasteiger partial charge in [0.1, 0.15) is 42.5 Å². The molecule has 0 heterocycles. The third kappa shape index (κ3) is 59.6. The summed E-state index contributed by atoms with van der Waals surface area (Å²) in [5.41, 5.74) is 2.13. The smallest absolute Gasteiger partial charge is 0.326 e. The molecular formula is C66H85N7O43. The second-order valence-electron chi connectivity index (χ2n) is 23.5. The summed E-state index contributed by atoms with van der Waals surface area (Å²) >= 11 is 0. The van der Waals surface area contributed by atoms with Gasteiger partial charge >= 0.3 is 77.6 Å². The summed E-state index contributed by atoms with van der Waals surface area (Å²) in [6, 6.07) is 16.2. The Morgan fingerprint density at radius 2 is 0.612 bits per heavy atom. The van der Waals surface area contributed by atoms with Gasteiger partial charge in [-0.15, -0.1) is 50.6 Å². The molecule has 2 amide bonds. The Bertz CT molecular complexity index is 3760. The van der Waals surface area contributed by atoms with E-state index in [1.807, 2.05) is 0 Å². The van der Waals surface area contributed by atoms with Gasteiger partial charge in [0, 0.05) is 44.9 Å². The third-order valence-corrected chi connectivity index (χ3v) is 14.4. The maximum absolute atomic E-state index is 11.9. The molecule has 50 nitrogen and oxygen atoms in total. The minimum atomic E-state index is -1.34. The van der Waals surface area contributed by atoms with Crippen LogP contribution in [-0.4, -0.2) is 211 Å². The maximum Gasteiger partial charge on any atom is 0.326 e. The molecule has 0 saturated carbocycles. The van der Waals surface area contributed by atoms with E-state index in [1.165, 1.54) is 30.3 Å². The summed E-state index contributed by atoms with van der Waals surface area (Å²) in [5, 5.41) is 137. The number of unbranched alkanes of at least 4 members (excludes halogenated alkanes) is 2. The molecular weight excluding hydrogens is 1580 g/mol. The molecule has 3 aromatic rings. The molecule has 0 bridgehead atoms. The number of aliphatic carboxylic acids is 10. The van der Waals surface area contributed by atoms with Gasteiger partial charge in [0.25, 0.3) is 25.4 Å². The fourth-order valence-corrected chi connectivity index (χ4v) is 8.76. The molecule has 0 fully saturated rings. The van der Waals surface area contributed by atoms with Crippen LogP contribution in [0.3, 0.4) is 0 Å². The molecule has 12 N–H and O–H groups in total. The first kappa shape index (κ1) is 104. The van der Waals surface area contributed by atoms with Crippen molar-refractivity contribution in [1.29, 1.82) is 0 Å². The van der Waals surface area contributed by atoms with E-state index in [-0.39, 0.29) is 140 Å². The molecule has 0 aliphatic carbocycles. The number of amides is 2. The van der Waals surface area contributed by atoms with Gasteiger partial charge in [-0.1, -0.05) is 42.8 Å². The monoisotopic (exact) mass is 1660 g/mol. The Hall–Kier alpha value is -14.3. The molecule has 3 rings (SSSR count). The lowest BCUT2D eigenvalue weighted by atomic mass is 10.00. The maximum atomic E-state index is 11.9. The minimum Gasteiger partial charge on any atom is -0.481 e. The number of carbonyl (C=O) groups excluding carboxylic acids is 5. The molecule has 0 aliphatic heterocycles. The van der Waals surface area contributed by atoms with Crippen molar-refractivity contribution in [2.45, 2.75) is 160 Å². The van der Waals surface area contributed by atoms with Gasteiger partial charge in [-0.25, -0.2) is 9.59 Å². The molecule has 0 aromatic heterocycles. The number of ether oxygens (including phenoxy) is 3. The summed E-state index contributed by atoms with van der Waals surface area (Å²) in [6.45, 7) is -0.629. The Morgan fingerprint density at radius 1 is 0.310 bits per heavy atom. The van der Waals surface area contributed by atoms with Crippen LogP contribution in [0.5, 0.6) is 17.2 Å². The van der Waals surface area contributed by atoms with Gasteiger partial charge in [-0.05, 0) is 130 Å². The van der Waals surface area contributed by atoms with Crippen LogP contribution in [0.1, 0.15) is 145 Å². The molecule has 0 aliphatic rings. The van der Waals surface area contributed by atoms with Crippen LogP contribution >= 0.6 is 0 Å². The number of benzene rings is 3. The topological polar surface area (TPSA) is 772 Å². The van der Waals surface area contributed by atoms with E-state index in [0.717, 1.165) is 11.1 Å². The molecule has 0 saturated heterocycles. The van der Waals surface area contributed by atoms with Gasteiger partial charge in [0.2, 0.25) is 11.8 Å². The molecule has 642 valence electrons. The Balaban J connectivity index is 0. The van der Waals surface area contributed by atoms with E-state index in [2.05, 4.69) is 34.8 Å². The third-order valence-electron chi connectivity index (χ3n) is 14.4. The van der Waals surface area contributed by atoms with E-state index in [1.54, 1.807) is 42.5 Å². The molecule has 50 heteroatoms. The zero-order valence-corrected chi connectivity index (χ0v) is 61.3. The van der Waals surface area contributed by atoms with Crippen LogP contribution in [0.15, 0.2) is 72.8 Å². The van der Waals surface area contributed by atoms with Crippen molar-refractivity contribution in [2.24, 2.45) is 17.8 Å². The first-order valence-corrected chi connectivity index (χ1v) is 34.1. The first-order valence-electron chi connectivity index (χ1n) is 34.1. The van der Waals surface area contributed by atoms with E-state index >= 15 is 0 Å². The number of esters is 3. The van der Waals surface area contributed by atoms with Crippen LogP contribution < -0.4 is 24.8 Å². The van der Waals surface area contributed by atoms with Crippen LogP contribution in [0.25, 0.3) is 0 Å². The number of hydrogen-bond donors (Lipinski definition) is 12. The van der Waals surface area contributed by atoms with Crippen molar-refractivity contribution in [3.05, 3.63) is 140 Å². The van der Waals surface area contributed by atoms with Crippen LogP contribution in [-0.2, 0) is 115 Å². The highest BCUT2D eigenvalue weighted by Gasteiger charge is 2.28. The number of nitrogens with one attached hydrogen (secondary N) is 2. The molecule has 0 spiro atoms. The largest absolute Gasteiger partial charge is 0.481 e. The SMILES string of the molecule is O=C(O)CCC(CC(=O)Oc1ccc(CCO[N+](=O)[O-])cc1)C(=O)O.O=C(O)CCC(CC(=O)Oc1cccc(CCCO[N+](=O)[O-])c1)C(=O)O.O=C(O)CCC(CC(=O)Oc1cccc(CCO[N+](=O)[O-])c1)C(=O)O.O=C(O)CCC(NC(=O)CCCCCO[N+](=O)[O-])C(=O)O.O=C(O)CCC(NC(=O)CCCO[N+](=O)[O-])C(=O)O. The Morgan fingerprint density at radius 3 is 0.948 bits per heavy atom. The van der Waals surface area contributed by atoms with Crippen LogP contribution in [0, 0.1) is 68.3 Å². The second-order valence-corrected chi connectivity index (χ2v) is 23.5. The van der Waals surface area contributed by atoms with Gasteiger partial charge in [0.15, 0.2) is 0 Å². The van der Waals surface area contributed by atoms with E-state index in [0.29, 0.717) is 44.1 Å². The van der Waals surface area contributed by atoms with E-state index in [4.69, 9.17) is 65.3 Å². The number of nitrogens with zero attached hydrogens (tertiary/aromatic N) is 5. The highest BCUT2D eigenvalue weighted by molar-refractivity contribution is 5.86. The summed E-state index contributed by atoms with van der Waals surface area (Å²) < 4.78 is 15.2. The summed E-state index contributed by atoms with van der Waals surface area (Å²) in [5.74, 6) is -18.5. The molecule has 116 heavy (non-hydrogen) atoms. The highest BCUT2D eigenvalue weighted by atomic mass is 17.0. The number of carboxylic acid groups (broad SMARTS) is 10. The number of hydrogen-bond acceptors (Lipinski definition) is 33. The minimum absolute atomic E-state index is 0.0506. The lowest BCUT2D eigenvalue weighted by Gasteiger charge is -2.13. The average molecular weight is 1660 g/mol. The van der Waals surface area contributed by atoms with Crippen molar-refractivity contribution in [1.82, 2.24) is 10.6 Å². The van der Waals surface area contributed by atoms with E-state index in [9.17, 15) is 122 Å². The molecule has 5 unspecified atom stereocenters. The van der Waals surface area contributed by atoms with Crippen LogP contribution in [0.4, 0.5) is 0 Å². The zero-order valence-electron chi connectivity index (χ0n) is 61.3. The number of carbonyl (C=O) groups is 15. The molecule has 5 atom stereocenters. The van der Waals surface area contributed by atoms with E-state index < -0.39 is 164 Å². The first-order chi connectivity index (χ1) is 54.5. The normalized spacial score (nSPS) is 11.4. The summed E-state index contributed by atoms with van der Waals surface area (Å²) in [7, 11) is 0. The summed E-state index contributed by atoms with van der Waals surface area (Å²) in [6.07, 6.45) is -1.39. The quantitative estimate of drug-likeness (QED) is 0.0125. The van der Waals surface area contributed by atoms with Crippen molar-refractivity contribution in [2.75, 3.05) is 33.0 Å². The lowest BCUT2D eigenvalue weighted by molar-refractivity contribution is -0.757. The van der Waals surface area contributed by atoms with Gasteiger partial charge in [-0.3, -0.25) is 62.3 Å². The van der Waals surface area contributed by atoms with Crippen molar-refractivity contribution in [3.63, 3.8) is 0 Å². The van der Waals surface area contributed by atoms with Crippen molar-refractivity contribution < 1.29 is 187 Å². The van der Waals surface area contributed by atoms with Gasteiger partial charge in [0.05, 0.1) is 56.8 Å². The average Bonchev–Trinajstić information content (AvgIpc) is 0.877. The Kier molecular flexibility index (Phi) is 54.1. The second kappa shape index (κ2) is 60.4. The fraction of sp³-hybridized carbons (Fsp3) is 0.500. The molecule has 3 aromatic carbocycles. The Labute approximate surface area is 652 Å². The fourth-order valence-electron chi connectivity index (χ4n) is 8.76. The predicted molar refractivity (Wildman–Crippen MR) is 375 cm³/mol. The summed E-state index contributed by atoms with van der Waals surface area (Å²) in [4.78, 5) is 236. The lowest BCUT2D eigenvalue weighted by Crippen LogP contribution is -2.41. The van der Waals surface area contributed by atoms with Crippen LogP contribution in [0.2, 0.25) is 0 Å². The van der Waals surface area contributed by atoms with Crippen molar-refractivity contribution >= 4 is 89.4 Å². The van der Waals surface area contributed by atoms with Gasteiger partial charge in [-0.2, -0.15) is 0 Å². The number of carboxylic acids is 10. The zero-order chi connectivity index (χ0) is 88.3. The number of rotatable bonds is 56. The molecule has 0 radical (unpaired) electrons. The predicted octanol–water partition coefficient (Wildman–Crippen LogP) is 3.88.